The molecule has 0 amide bonds. The van der Waals surface area contributed by atoms with Crippen molar-refractivity contribution in [1.29, 1.82) is 5.26 Å². The monoisotopic (exact) mass is 448 g/mol. The Morgan fingerprint density at radius 3 is 2.44 bits per heavy atom. The molecular weight excluding hydrogens is 424 g/mol. The van der Waals surface area contributed by atoms with Gasteiger partial charge in [-0.2, -0.15) is 9.57 Å². The molecule has 3 aromatic carbocycles. The van der Waals surface area contributed by atoms with Gasteiger partial charge >= 0.3 is 0 Å². The van der Waals surface area contributed by atoms with Crippen molar-refractivity contribution in [2.75, 3.05) is 7.11 Å². The number of aryl methyl sites for hydroxylation is 1. The molecule has 164 valence electrons. The largest absolute Gasteiger partial charge is 0.493 e. The van der Waals surface area contributed by atoms with E-state index in [-0.39, 0.29) is 17.9 Å². The van der Waals surface area contributed by atoms with Crippen molar-refractivity contribution in [1.82, 2.24) is 4.31 Å². The summed E-state index contributed by atoms with van der Waals surface area (Å²) in [5, 5.41) is 9.75. The fourth-order valence-corrected chi connectivity index (χ4v) is 5.35. The van der Waals surface area contributed by atoms with Crippen LogP contribution in [-0.4, -0.2) is 25.9 Å². The number of nitrogens with zero attached hydrogens (tertiary/aromatic N) is 2. The summed E-state index contributed by atoms with van der Waals surface area (Å²) in [7, 11) is -2.32. The molecule has 1 unspecified atom stereocenters. The van der Waals surface area contributed by atoms with Crippen LogP contribution in [0.25, 0.3) is 0 Å². The van der Waals surface area contributed by atoms with Crippen molar-refractivity contribution in [3.8, 4) is 17.6 Å². The van der Waals surface area contributed by atoms with Crippen molar-refractivity contribution < 1.29 is 17.9 Å². The molecule has 6 nitrogen and oxygen atoms in total. The van der Waals surface area contributed by atoms with Crippen LogP contribution < -0.4 is 9.47 Å². The highest BCUT2D eigenvalue weighted by atomic mass is 32.2. The maximum atomic E-state index is 13.4. The number of sulfonamides is 1. The summed E-state index contributed by atoms with van der Waals surface area (Å²) in [4.78, 5) is 0.168. The van der Waals surface area contributed by atoms with Crippen molar-refractivity contribution >= 4 is 10.0 Å². The van der Waals surface area contributed by atoms with Gasteiger partial charge in [0.25, 0.3) is 0 Å². The van der Waals surface area contributed by atoms with Gasteiger partial charge in [-0.3, -0.25) is 0 Å². The van der Waals surface area contributed by atoms with Crippen LogP contribution in [0.3, 0.4) is 0 Å². The molecular formula is C25H24N2O4S. The third-order valence-electron chi connectivity index (χ3n) is 5.62. The van der Waals surface area contributed by atoms with Gasteiger partial charge in [0.05, 0.1) is 18.1 Å². The van der Waals surface area contributed by atoms with Crippen molar-refractivity contribution in [3.63, 3.8) is 0 Å². The molecule has 0 spiro atoms. The first-order chi connectivity index (χ1) is 15.4. The van der Waals surface area contributed by atoms with Gasteiger partial charge in [-0.1, -0.05) is 54.1 Å². The van der Waals surface area contributed by atoms with E-state index in [2.05, 4.69) is 6.07 Å². The highest BCUT2D eigenvalue weighted by Gasteiger charge is 2.37. The molecule has 7 heteroatoms. The summed E-state index contributed by atoms with van der Waals surface area (Å²) in [6.45, 7) is 2.25. The van der Waals surface area contributed by atoms with Gasteiger partial charge in [-0.25, -0.2) is 8.42 Å². The van der Waals surface area contributed by atoms with E-state index in [1.807, 2.05) is 43.3 Å². The van der Waals surface area contributed by atoms with Crippen LogP contribution in [0.2, 0.25) is 0 Å². The molecule has 32 heavy (non-hydrogen) atoms. The number of benzene rings is 3. The third-order valence-corrected chi connectivity index (χ3v) is 7.49. The lowest BCUT2D eigenvalue weighted by Gasteiger charge is -2.33. The van der Waals surface area contributed by atoms with Crippen molar-refractivity contribution in [3.05, 3.63) is 89.0 Å². The smallest absolute Gasteiger partial charge is 0.244 e. The molecule has 0 fully saturated rings. The zero-order valence-corrected chi connectivity index (χ0v) is 18.8. The molecule has 1 heterocycles. The Morgan fingerprint density at radius 1 is 1.06 bits per heavy atom. The Balaban J connectivity index is 1.73. The Labute approximate surface area is 188 Å². The Morgan fingerprint density at radius 2 is 1.78 bits per heavy atom. The molecule has 0 saturated carbocycles. The van der Waals surface area contributed by atoms with Crippen LogP contribution >= 0.6 is 0 Å². The molecule has 0 bridgehead atoms. The van der Waals surface area contributed by atoms with Gasteiger partial charge in [-0.05, 0) is 36.2 Å². The maximum Gasteiger partial charge on any atom is 0.244 e. The van der Waals surface area contributed by atoms with Crippen LogP contribution in [0.15, 0.2) is 71.6 Å². The zero-order valence-electron chi connectivity index (χ0n) is 18.0. The number of ether oxygens (including phenoxy) is 2. The van der Waals surface area contributed by atoms with E-state index < -0.39 is 16.1 Å². The number of hydrogen-bond acceptors (Lipinski definition) is 5. The minimum atomic E-state index is -3.87. The van der Waals surface area contributed by atoms with Crippen LogP contribution in [0.1, 0.15) is 22.3 Å². The lowest BCUT2D eigenvalue weighted by molar-refractivity contribution is 0.268. The highest BCUT2D eigenvalue weighted by Crippen LogP contribution is 2.40. The number of hydrogen-bond donors (Lipinski definition) is 0. The van der Waals surface area contributed by atoms with Gasteiger partial charge in [0, 0.05) is 18.5 Å². The fourth-order valence-electron chi connectivity index (χ4n) is 3.84. The Bertz CT molecular complexity index is 1250. The summed E-state index contributed by atoms with van der Waals surface area (Å²) in [5.41, 5.74) is 3.56. The standard InChI is InChI=1S/C25H24N2O4S/c1-18-8-11-22(12-9-18)32(28,29)27-16-23-20(14-21(27)15-26)10-13-24(30-2)25(23)31-17-19-6-4-3-5-7-19/h3-13,21H,14,16-17H2,1-2H3. The average Bonchev–Trinajstić information content (AvgIpc) is 2.82. The SMILES string of the molecule is COc1ccc2c(c1OCc1ccccc1)CN(S(=O)(=O)c1ccc(C)cc1)C(C#N)C2. The van der Waals surface area contributed by atoms with Gasteiger partial charge in [0.15, 0.2) is 11.5 Å². The van der Waals surface area contributed by atoms with Crippen LogP contribution in [0, 0.1) is 18.3 Å². The second-order valence-electron chi connectivity index (χ2n) is 7.72. The number of nitriles is 1. The number of fused-ring (bicyclic) bond motifs is 1. The molecule has 0 saturated heterocycles. The van der Waals surface area contributed by atoms with Crippen LogP contribution in [0.5, 0.6) is 11.5 Å². The zero-order chi connectivity index (χ0) is 22.7. The molecule has 4 rings (SSSR count). The first-order valence-electron chi connectivity index (χ1n) is 10.3. The highest BCUT2D eigenvalue weighted by molar-refractivity contribution is 7.89. The van der Waals surface area contributed by atoms with E-state index in [9.17, 15) is 13.7 Å². The van der Waals surface area contributed by atoms with E-state index in [0.717, 1.165) is 22.3 Å². The Kier molecular flexibility index (Phi) is 6.17. The first kappa shape index (κ1) is 21.9. The lowest BCUT2D eigenvalue weighted by Crippen LogP contribution is -2.43. The van der Waals surface area contributed by atoms with E-state index >= 15 is 0 Å². The van der Waals surface area contributed by atoms with Gasteiger partial charge in [-0.15, -0.1) is 0 Å². The number of methoxy groups -OCH3 is 1. The van der Waals surface area contributed by atoms with Crippen molar-refractivity contribution in [2.24, 2.45) is 0 Å². The fraction of sp³-hybridized carbons (Fsp3) is 0.240. The summed E-state index contributed by atoms with van der Waals surface area (Å²) in [6, 6.07) is 21.4. The molecule has 0 N–H and O–H groups in total. The average molecular weight is 449 g/mol. The van der Waals surface area contributed by atoms with Gasteiger partial charge in [0.1, 0.15) is 12.6 Å². The predicted molar refractivity (Wildman–Crippen MR) is 121 cm³/mol. The van der Waals surface area contributed by atoms with Crippen LogP contribution in [0.4, 0.5) is 0 Å². The summed E-state index contributed by atoms with van der Waals surface area (Å²) in [5.74, 6) is 1.04. The first-order valence-corrected chi connectivity index (χ1v) is 11.7. The molecule has 1 aliphatic rings. The van der Waals surface area contributed by atoms with Gasteiger partial charge in [0.2, 0.25) is 10.0 Å². The molecule has 0 radical (unpaired) electrons. The predicted octanol–water partition coefficient (Wildman–Crippen LogP) is 4.22. The third kappa shape index (κ3) is 4.20. The molecule has 0 aromatic heterocycles. The minimum absolute atomic E-state index is 0.0328. The van der Waals surface area contributed by atoms with Gasteiger partial charge < -0.3 is 9.47 Å². The lowest BCUT2D eigenvalue weighted by atomic mass is 9.95. The summed E-state index contributed by atoms with van der Waals surface area (Å²) in [6.07, 6.45) is 0.280. The second-order valence-corrected chi connectivity index (χ2v) is 9.61. The quantitative estimate of drug-likeness (QED) is 0.564. The van der Waals surface area contributed by atoms with E-state index in [1.165, 1.54) is 4.31 Å². The van der Waals surface area contributed by atoms with Crippen molar-refractivity contribution in [2.45, 2.75) is 37.4 Å². The summed E-state index contributed by atoms with van der Waals surface area (Å²) < 4.78 is 39.8. The maximum absolute atomic E-state index is 13.4. The Hall–Kier alpha value is -3.34. The number of rotatable bonds is 6. The van der Waals surface area contributed by atoms with E-state index in [4.69, 9.17) is 9.47 Å². The topological polar surface area (TPSA) is 79.6 Å². The second kappa shape index (κ2) is 9.03. The normalized spacial score (nSPS) is 16.1. The molecule has 1 atom stereocenters. The summed E-state index contributed by atoms with van der Waals surface area (Å²) >= 11 is 0. The minimum Gasteiger partial charge on any atom is -0.493 e. The molecule has 3 aromatic rings. The van der Waals surface area contributed by atoms with E-state index in [0.29, 0.717) is 18.1 Å². The van der Waals surface area contributed by atoms with E-state index in [1.54, 1.807) is 37.4 Å². The molecule has 0 aliphatic carbocycles. The molecule has 1 aliphatic heterocycles. The van der Waals surface area contributed by atoms with Crippen LogP contribution in [-0.2, 0) is 29.6 Å².